The number of carbonyl (C=O) groups excluding carboxylic acids is 1. The summed E-state index contributed by atoms with van der Waals surface area (Å²) >= 11 is 0. The third kappa shape index (κ3) is 4.63. The average Bonchev–Trinajstić information content (AvgIpc) is 2.18. The highest BCUT2D eigenvalue weighted by Crippen LogP contribution is 2.27. The van der Waals surface area contributed by atoms with E-state index in [2.05, 4.69) is 26.8 Å². The van der Waals surface area contributed by atoms with Gasteiger partial charge in [-0.3, -0.25) is 4.79 Å². The van der Waals surface area contributed by atoms with Crippen LogP contribution in [-0.4, -0.2) is 5.78 Å². The Morgan fingerprint density at radius 2 is 2.07 bits per heavy atom. The Balaban J connectivity index is 2.25. The van der Waals surface area contributed by atoms with Gasteiger partial charge < -0.3 is 0 Å². The summed E-state index contributed by atoms with van der Waals surface area (Å²) < 4.78 is 0. The maximum Gasteiger partial charge on any atom is 0.155 e. The Morgan fingerprint density at radius 3 is 2.60 bits per heavy atom. The van der Waals surface area contributed by atoms with Gasteiger partial charge in [0.25, 0.3) is 0 Å². The molecule has 0 amide bonds. The quantitative estimate of drug-likeness (QED) is 0.668. The summed E-state index contributed by atoms with van der Waals surface area (Å²) in [6.07, 6.45) is 9.71. The highest BCUT2D eigenvalue weighted by atomic mass is 16.1. The summed E-state index contributed by atoms with van der Waals surface area (Å²) in [7, 11) is 0. The lowest BCUT2D eigenvalue weighted by atomic mass is 9.82. The van der Waals surface area contributed by atoms with Gasteiger partial charge in [0.1, 0.15) is 0 Å². The van der Waals surface area contributed by atoms with Gasteiger partial charge in [0.05, 0.1) is 0 Å². The molecule has 15 heavy (non-hydrogen) atoms. The van der Waals surface area contributed by atoms with Crippen molar-refractivity contribution < 1.29 is 4.79 Å². The van der Waals surface area contributed by atoms with Crippen LogP contribution in [0.4, 0.5) is 0 Å². The number of ketones is 1. The zero-order chi connectivity index (χ0) is 11.3. The van der Waals surface area contributed by atoms with Gasteiger partial charge in [0.15, 0.2) is 5.78 Å². The minimum Gasteiger partial charge on any atom is -0.295 e. The molecule has 0 aromatic heterocycles. The Bertz CT molecular complexity index is 227. The minimum atomic E-state index is 0.306. The van der Waals surface area contributed by atoms with Crippen molar-refractivity contribution in [3.8, 4) is 0 Å². The number of rotatable bonds is 5. The lowest BCUT2D eigenvalue weighted by Gasteiger charge is -2.23. The molecular weight excluding hydrogens is 184 g/mol. The molecule has 0 spiro atoms. The normalized spacial score (nSPS) is 23.5. The molecule has 1 aliphatic rings. The molecule has 0 aliphatic heterocycles. The maximum absolute atomic E-state index is 11.0. The van der Waals surface area contributed by atoms with Crippen molar-refractivity contribution in [2.24, 2.45) is 17.8 Å². The van der Waals surface area contributed by atoms with Crippen molar-refractivity contribution in [2.75, 3.05) is 0 Å². The molecule has 2 atom stereocenters. The van der Waals surface area contributed by atoms with Crippen LogP contribution in [0.5, 0.6) is 0 Å². The van der Waals surface area contributed by atoms with Crippen LogP contribution in [0.15, 0.2) is 12.2 Å². The fourth-order valence-corrected chi connectivity index (χ4v) is 2.26. The Morgan fingerprint density at radius 1 is 1.33 bits per heavy atom. The first-order chi connectivity index (χ1) is 7.09. The summed E-state index contributed by atoms with van der Waals surface area (Å²) in [5.41, 5.74) is 0. The van der Waals surface area contributed by atoms with E-state index in [1.54, 1.807) is 6.08 Å². The zero-order valence-electron chi connectivity index (χ0n) is 10.3. The van der Waals surface area contributed by atoms with Crippen LogP contribution < -0.4 is 0 Å². The number of hydrogen-bond donors (Lipinski definition) is 0. The van der Waals surface area contributed by atoms with E-state index in [0.717, 1.165) is 24.7 Å². The first kappa shape index (κ1) is 12.5. The highest BCUT2D eigenvalue weighted by Gasteiger charge is 2.18. The summed E-state index contributed by atoms with van der Waals surface area (Å²) in [4.78, 5) is 11.0. The predicted molar refractivity (Wildman–Crippen MR) is 64.7 cm³/mol. The Hall–Kier alpha value is -0.590. The Labute approximate surface area is 93.9 Å². The van der Waals surface area contributed by atoms with Crippen molar-refractivity contribution in [3.63, 3.8) is 0 Å². The van der Waals surface area contributed by atoms with Crippen molar-refractivity contribution in [1.29, 1.82) is 0 Å². The van der Waals surface area contributed by atoms with Gasteiger partial charge in [-0.1, -0.05) is 46.1 Å². The second kappa shape index (κ2) is 6.09. The van der Waals surface area contributed by atoms with E-state index >= 15 is 0 Å². The largest absolute Gasteiger partial charge is 0.295 e. The van der Waals surface area contributed by atoms with Crippen LogP contribution in [0, 0.1) is 17.8 Å². The maximum atomic E-state index is 11.0. The highest BCUT2D eigenvalue weighted by molar-refractivity contribution is 5.90. The molecule has 0 aromatic rings. The van der Waals surface area contributed by atoms with Crippen LogP contribution in [0.3, 0.4) is 0 Å². The van der Waals surface area contributed by atoms with E-state index in [9.17, 15) is 4.79 Å². The topological polar surface area (TPSA) is 17.1 Å². The average molecular weight is 208 g/mol. The molecule has 0 saturated carbocycles. The van der Waals surface area contributed by atoms with Crippen molar-refractivity contribution in [1.82, 2.24) is 0 Å². The summed E-state index contributed by atoms with van der Waals surface area (Å²) in [6.45, 7) is 6.89. The van der Waals surface area contributed by atoms with E-state index < -0.39 is 0 Å². The van der Waals surface area contributed by atoms with E-state index in [-0.39, 0.29) is 0 Å². The van der Waals surface area contributed by atoms with Crippen LogP contribution in [0.2, 0.25) is 0 Å². The molecule has 1 nitrogen and oxygen atoms in total. The molecule has 0 bridgehead atoms. The lowest BCUT2D eigenvalue weighted by molar-refractivity contribution is -0.115. The smallest absolute Gasteiger partial charge is 0.155 e. The molecular formula is C14H24O. The molecule has 1 rings (SSSR count). The van der Waals surface area contributed by atoms with E-state index in [0.29, 0.717) is 11.7 Å². The molecule has 0 aromatic carbocycles. The number of hydrogen-bond acceptors (Lipinski definition) is 1. The predicted octanol–water partition coefficient (Wildman–Crippen LogP) is 3.98. The molecule has 0 heterocycles. The standard InChI is InChI=1S/C14H24O/c1-11(2)5-4-6-12(3)13-7-9-14(15)10-8-13/h7,9,11-13H,4-6,8,10H2,1-3H3. The molecule has 2 unspecified atom stereocenters. The summed E-state index contributed by atoms with van der Waals surface area (Å²) in [6, 6.07) is 0. The van der Waals surface area contributed by atoms with Crippen LogP contribution in [0.1, 0.15) is 52.9 Å². The van der Waals surface area contributed by atoms with Crippen LogP contribution in [0.25, 0.3) is 0 Å². The lowest BCUT2D eigenvalue weighted by Crippen LogP contribution is -2.15. The molecule has 0 fully saturated rings. The van der Waals surface area contributed by atoms with Gasteiger partial charge >= 0.3 is 0 Å². The van der Waals surface area contributed by atoms with Gasteiger partial charge in [-0.25, -0.2) is 0 Å². The Kier molecular flexibility index (Phi) is 5.07. The van der Waals surface area contributed by atoms with Crippen molar-refractivity contribution >= 4 is 5.78 Å². The van der Waals surface area contributed by atoms with Crippen molar-refractivity contribution in [3.05, 3.63) is 12.2 Å². The van der Waals surface area contributed by atoms with Crippen LogP contribution in [-0.2, 0) is 4.79 Å². The summed E-state index contributed by atoms with van der Waals surface area (Å²) in [5.74, 6) is 2.52. The van der Waals surface area contributed by atoms with E-state index in [1.165, 1.54) is 19.3 Å². The zero-order valence-corrected chi connectivity index (χ0v) is 10.3. The third-order valence-corrected chi connectivity index (χ3v) is 3.43. The summed E-state index contributed by atoms with van der Waals surface area (Å²) in [5, 5.41) is 0. The molecule has 0 N–H and O–H groups in total. The molecule has 1 aliphatic carbocycles. The van der Waals surface area contributed by atoms with Gasteiger partial charge in [-0.05, 0) is 30.3 Å². The number of allylic oxidation sites excluding steroid dienone is 2. The van der Waals surface area contributed by atoms with Crippen molar-refractivity contribution in [2.45, 2.75) is 52.9 Å². The second-order valence-corrected chi connectivity index (χ2v) is 5.33. The SMILES string of the molecule is CC(C)CCCC(C)C1C=CC(=O)CC1. The van der Waals surface area contributed by atoms with Gasteiger partial charge in [-0.2, -0.15) is 0 Å². The van der Waals surface area contributed by atoms with Crippen LogP contribution >= 0.6 is 0 Å². The third-order valence-electron chi connectivity index (χ3n) is 3.43. The van der Waals surface area contributed by atoms with Gasteiger partial charge in [-0.15, -0.1) is 0 Å². The van der Waals surface area contributed by atoms with Gasteiger partial charge in [0, 0.05) is 6.42 Å². The molecule has 0 radical (unpaired) electrons. The van der Waals surface area contributed by atoms with E-state index in [1.807, 2.05) is 0 Å². The molecule has 86 valence electrons. The van der Waals surface area contributed by atoms with Gasteiger partial charge in [0.2, 0.25) is 0 Å². The van der Waals surface area contributed by atoms with E-state index in [4.69, 9.17) is 0 Å². The minimum absolute atomic E-state index is 0.306. The fourth-order valence-electron chi connectivity index (χ4n) is 2.26. The fraction of sp³-hybridized carbons (Fsp3) is 0.786. The first-order valence-electron chi connectivity index (χ1n) is 6.30. The monoisotopic (exact) mass is 208 g/mol. The second-order valence-electron chi connectivity index (χ2n) is 5.33. The first-order valence-corrected chi connectivity index (χ1v) is 6.30. The molecule has 0 saturated heterocycles. The number of carbonyl (C=O) groups is 1. The molecule has 1 heteroatoms.